The maximum Gasteiger partial charge on any atom is 0.223 e. The van der Waals surface area contributed by atoms with Gasteiger partial charge in [-0.25, -0.2) is 0 Å². The average Bonchev–Trinajstić information content (AvgIpc) is 2.79. The minimum Gasteiger partial charge on any atom is -0.384 e. The summed E-state index contributed by atoms with van der Waals surface area (Å²) in [5.74, 6) is 0.467. The van der Waals surface area contributed by atoms with Gasteiger partial charge in [0.25, 0.3) is 0 Å². The van der Waals surface area contributed by atoms with Crippen molar-refractivity contribution in [3.05, 3.63) is 29.8 Å². The monoisotopic (exact) mass is 248 g/mol. The molecular weight excluding hydrogens is 228 g/mol. The standard InChI is InChI=1S/C14H20N2O2/c1-16(7-8-18-2)14(17)9-11-10-15-13-6-4-3-5-12(11)13/h3-6,11,15H,7-10H2,1-2H3. The third-order valence-corrected chi connectivity index (χ3v) is 3.42. The number of nitrogens with zero attached hydrogens (tertiary/aromatic N) is 1. The lowest BCUT2D eigenvalue weighted by Gasteiger charge is -2.19. The van der Waals surface area contributed by atoms with Crippen molar-refractivity contribution in [2.75, 3.05) is 39.2 Å². The predicted octanol–water partition coefficient (Wildman–Crippen LogP) is 1.69. The van der Waals surface area contributed by atoms with Crippen LogP contribution in [-0.4, -0.2) is 44.7 Å². The first-order chi connectivity index (χ1) is 8.72. The average molecular weight is 248 g/mol. The third kappa shape index (κ3) is 2.82. The summed E-state index contributed by atoms with van der Waals surface area (Å²) in [6, 6.07) is 8.20. The smallest absolute Gasteiger partial charge is 0.223 e. The van der Waals surface area contributed by atoms with Gasteiger partial charge in [-0.05, 0) is 11.6 Å². The van der Waals surface area contributed by atoms with Gasteiger partial charge in [-0.2, -0.15) is 0 Å². The number of fused-ring (bicyclic) bond motifs is 1. The number of benzene rings is 1. The van der Waals surface area contributed by atoms with Crippen molar-refractivity contribution in [1.82, 2.24) is 4.90 Å². The van der Waals surface area contributed by atoms with E-state index in [9.17, 15) is 4.79 Å². The Morgan fingerprint density at radius 1 is 1.50 bits per heavy atom. The van der Waals surface area contributed by atoms with Crippen LogP contribution < -0.4 is 5.32 Å². The first-order valence-corrected chi connectivity index (χ1v) is 6.28. The Morgan fingerprint density at radius 3 is 3.06 bits per heavy atom. The molecule has 0 bridgehead atoms. The van der Waals surface area contributed by atoms with E-state index in [2.05, 4.69) is 17.4 Å². The molecule has 4 heteroatoms. The second kappa shape index (κ2) is 5.87. The molecule has 0 fully saturated rings. The molecule has 0 aliphatic carbocycles. The van der Waals surface area contributed by atoms with Crippen molar-refractivity contribution in [3.63, 3.8) is 0 Å². The van der Waals surface area contributed by atoms with Gasteiger partial charge in [-0.3, -0.25) is 4.79 Å². The van der Waals surface area contributed by atoms with Crippen LogP contribution in [-0.2, 0) is 9.53 Å². The maximum atomic E-state index is 12.1. The van der Waals surface area contributed by atoms with Gasteiger partial charge in [-0.15, -0.1) is 0 Å². The highest BCUT2D eigenvalue weighted by atomic mass is 16.5. The molecule has 1 amide bonds. The number of nitrogens with one attached hydrogen (secondary N) is 1. The van der Waals surface area contributed by atoms with Gasteiger partial charge in [0.1, 0.15) is 0 Å². The van der Waals surface area contributed by atoms with Crippen molar-refractivity contribution in [1.29, 1.82) is 0 Å². The number of anilines is 1. The lowest BCUT2D eigenvalue weighted by molar-refractivity contribution is -0.130. The van der Waals surface area contributed by atoms with E-state index in [1.165, 1.54) is 5.56 Å². The Labute approximate surface area is 108 Å². The third-order valence-electron chi connectivity index (χ3n) is 3.42. The number of para-hydroxylation sites is 1. The molecule has 1 heterocycles. The van der Waals surface area contributed by atoms with Crippen molar-refractivity contribution < 1.29 is 9.53 Å². The van der Waals surface area contributed by atoms with Gasteiger partial charge < -0.3 is 15.0 Å². The Kier molecular flexibility index (Phi) is 4.20. The van der Waals surface area contributed by atoms with Crippen molar-refractivity contribution in [3.8, 4) is 0 Å². The zero-order valence-electron chi connectivity index (χ0n) is 11.0. The zero-order valence-corrected chi connectivity index (χ0v) is 11.0. The fourth-order valence-electron chi connectivity index (χ4n) is 2.26. The van der Waals surface area contributed by atoms with Gasteiger partial charge in [0.15, 0.2) is 0 Å². The summed E-state index contributed by atoms with van der Waals surface area (Å²) >= 11 is 0. The first kappa shape index (κ1) is 12.9. The van der Waals surface area contributed by atoms with E-state index in [1.54, 1.807) is 12.0 Å². The molecule has 4 nitrogen and oxygen atoms in total. The summed E-state index contributed by atoms with van der Waals surface area (Å²) in [4.78, 5) is 13.8. The van der Waals surface area contributed by atoms with Gasteiger partial charge >= 0.3 is 0 Å². The molecule has 1 aromatic carbocycles. The minimum absolute atomic E-state index is 0.176. The summed E-state index contributed by atoms with van der Waals surface area (Å²) in [7, 11) is 3.48. The Hall–Kier alpha value is -1.55. The number of carbonyl (C=O) groups excluding carboxylic acids is 1. The van der Waals surface area contributed by atoms with Gasteiger partial charge in [0, 0.05) is 45.3 Å². The predicted molar refractivity (Wildman–Crippen MR) is 71.8 cm³/mol. The number of carbonyl (C=O) groups is 1. The van der Waals surface area contributed by atoms with Gasteiger partial charge in [0.05, 0.1) is 6.61 Å². The molecule has 0 saturated carbocycles. The Balaban J connectivity index is 1.93. The number of methoxy groups -OCH3 is 1. The van der Waals surface area contributed by atoms with E-state index in [0.29, 0.717) is 25.5 Å². The number of likely N-dealkylation sites (N-methyl/N-ethyl adjacent to an activating group) is 1. The minimum atomic E-state index is 0.176. The molecule has 1 aliphatic heterocycles. The van der Waals surface area contributed by atoms with E-state index in [4.69, 9.17) is 4.74 Å². The van der Waals surface area contributed by atoms with E-state index < -0.39 is 0 Å². The van der Waals surface area contributed by atoms with Crippen LogP contribution in [0.1, 0.15) is 17.9 Å². The largest absolute Gasteiger partial charge is 0.384 e. The van der Waals surface area contributed by atoms with E-state index >= 15 is 0 Å². The molecule has 0 saturated heterocycles. The molecule has 0 aromatic heterocycles. The molecule has 1 N–H and O–H groups in total. The summed E-state index contributed by atoms with van der Waals surface area (Å²) in [6.07, 6.45) is 0.560. The van der Waals surface area contributed by atoms with E-state index in [1.807, 2.05) is 19.2 Å². The molecule has 0 radical (unpaired) electrons. The summed E-state index contributed by atoms with van der Waals surface area (Å²) in [5.41, 5.74) is 2.42. The van der Waals surface area contributed by atoms with Crippen LogP contribution >= 0.6 is 0 Å². The number of ether oxygens (including phenoxy) is 1. The quantitative estimate of drug-likeness (QED) is 0.862. The topological polar surface area (TPSA) is 41.6 Å². The highest BCUT2D eigenvalue weighted by molar-refractivity contribution is 5.78. The fourth-order valence-corrected chi connectivity index (χ4v) is 2.26. The SMILES string of the molecule is COCCN(C)C(=O)CC1CNc2ccccc21. The first-order valence-electron chi connectivity index (χ1n) is 6.28. The molecule has 1 aliphatic rings. The molecule has 1 atom stereocenters. The van der Waals surface area contributed by atoms with Crippen LogP contribution in [0.3, 0.4) is 0 Å². The van der Waals surface area contributed by atoms with Crippen molar-refractivity contribution in [2.24, 2.45) is 0 Å². The van der Waals surface area contributed by atoms with Crippen LogP contribution in [0.2, 0.25) is 0 Å². The second-order valence-corrected chi connectivity index (χ2v) is 4.68. The zero-order chi connectivity index (χ0) is 13.0. The molecule has 1 aromatic rings. The Bertz CT molecular complexity index is 420. The van der Waals surface area contributed by atoms with E-state index in [-0.39, 0.29) is 5.91 Å². The lowest BCUT2D eigenvalue weighted by Crippen LogP contribution is -2.31. The number of hydrogen-bond donors (Lipinski definition) is 1. The summed E-state index contributed by atoms with van der Waals surface area (Å²) < 4.78 is 4.98. The van der Waals surface area contributed by atoms with Crippen molar-refractivity contribution in [2.45, 2.75) is 12.3 Å². The Morgan fingerprint density at radius 2 is 2.28 bits per heavy atom. The highest BCUT2D eigenvalue weighted by Crippen LogP contribution is 2.33. The van der Waals surface area contributed by atoms with E-state index in [0.717, 1.165) is 12.2 Å². The molecule has 98 valence electrons. The molecule has 2 rings (SSSR count). The molecule has 0 spiro atoms. The summed E-state index contributed by atoms with van der Waals surface area (Å²) in [6.45, 7) is 2.09. The molecule has 1 unspecified atom stereocenters. The molecular formula is C14H20N2O2. The summed E-state index contributed by atoms with van der Waals surface area (Å²) in [5, 5.41) is 3.34. The molecule has 18 heavy (non-hydrogen) atoms. The second-order valence-electron chi connectivity index (χ2n) is 4.68. The normalized spacial score (nSPS) is 17.1. The lowest BCUT2D eigenvalue weighted by atomic mass is 9.97. The number of hydrogen-bond acceptors (Lipinski definition) is 3. The highest BCUT2D eigenvalue weighted by Gasteiger charge is 2.25. The fraction of sp³-hybridized carbons (Fsp3) is 0.500. The van der Waals surface area contributed by atoms with Crippen LogP contribution in [0.15, 0.2) is 24.3 Å². The van der Waals surface area contributed by atoms with Gasteiger partial charge in [0.2, 0.25) is 5.91 Å². The van der Waals surface area contributed by atoms with Crippen LogP contribution in [0, 0.1) is 0 Å². The number of amides is 1. The number of rotatable bonds is 5. The van der Waals surface area contributed by atoms with Crippen LogP contribution in [0.4, 0.5) is 5.69 Å². The van der Waals surface area contributed by atoms with Crippen LogP contribution in [0.25, 0.3) is 0 Å². The maximum absolute atomic E-state index is 12.1. The van der Waals surface area contributed by atoms with Gasteiger partial charge in [-0.1, -0.05) is 18.2 Å². The van der Waals surface area contributed by atoms with Crippen LogP contribution in [0.5, 0.6) is 0 Å². The van der Waals surface area contributed by atoms with Crippen molar-refractivity contribution >= 4 is 11.6 Å².